The van der Waals surface area contributed by atoms with Crippen molar-refractivity contribution in [3.8, 4) is 11.5 Å². The van der Waals surface area contributed by atoms with Crippen molar-refractivity contribution in [3.05, 3.63) is 89.2 Å². The van der Waals surface area contributed by atoms with Crippen LogP contribution in [0.4, 0.5) is 27.8 Å². The number of nitrogen functional groups attached to an aromatic ring is 1. The van der Waals surface area contributed by atoms with E-state index in [1.54, 1.807) is 0 Å². The summed E-state index contributed by atoms with van der Waals surface area (Å²) in [6.07, 6.45) is 4.79. The van der Waals surface area contributed by atoms with Gasteiger partial charge in [-0.2, -0.15) is 8.78 Å². The summed E-state index contributed by atoms with van der Waals surface area (Å²) in [5, 5.41) is 2.91. The Kier molecular flexibility index (Phi) is 8.46. The summed E-state index contributed by atoms with van der Waals surface area (Å²) in [6.45, 7) is 5.43. The number of aromatic nitrogens is 2. The zero-order valence-electron chi connectivity index (χ0n) is 21.6. The van der Waals surface area contributed by atoms with E-state index in [9.17, 15) is 22.4 Å². The quantitative estimate of drug-likeness (QED) is 0.162. The van der Waals surface area contributed by atoms with Gasteiger partial charge in [0.25, 0.3) is 0 Å². The first-order valence-corrected chi connectivity index (χ1v) is 12.4. The average Bonchev–Trinajstić information content (AvgIpc) is 3.40. The van der Waals surface area contributed by atoms with Crippen LogP contribution in [0.1, 0.15) is 48.9 Å². The third-order valence-corrected chi connectivity index (χ3v) is 7.00. The van der Waals surface area contributed by atoms with Crippen molar-refractivity contribution >= 4 is 17.4 Å². The predicted octanol–water partition coefficient (Wildman–Crippen LogP) is 5.59. The highest BCUT2D eigenvalue weighted by Crippen LogP contribution is 2.39. The van der Waals surface area contributed by atoms with Crippen LogP contribution in [-0.2, 0) is 4.79 Å². The lowest BCUT2D eigenvalue weighted by Gasteiger charge is -2.23. The average molecular weight is 560 g/mol. The van der Waals surface area contributed by atoms with Gasteiger partial charge in [0.15, 0.2) is 11.6 Å². The topological polar surface area (TPSA) is 102 Å². The fourth-order valence-corrected chi connectivity index (χ4v) is 4.96. The van der Waals surface area contributed by atoms with Crippen molar-refractivity contribution in [1.29, 1.82) is 0 Å². The molecule has 3 aromatic rings. The van der Waals surface area contributed by atoms with Crippen LogP contribution in [0.25, 0.3) is 0 Å². The van der Waals surface area contributed by atoms with E-state index in [1.165, 1.54) is 25.5 Å². The summed E-state index contributed by atoms with van der Waals surface area (Å²) in [5.41, 5.74) is 7.15. The van der Waals surface area contributed by atoms with Crippen LogP contribution < -0.4 is 15.8 Å². The van der Waals surface area contributed by atoms with Crippen molar-refractivity contribution in [1.82, 2.24) is 15.3 Å². The summed E-state index contributed by atoms with van der Waals surface area (Å²) in [7, 11) is 1.43. The van der Waals surface area contributed by atoms with Gasteiger partial charge < -0.3 is 15.8 Å². The monoisotopic (exact) mass is 559 g/mol. The lowest BCUT2D eigenvalue weighted by Crippen LogP contribution is -2.31. The van der Waals surface area contributed by atoms with Gasteiger partial charge >= 0.3 is 0 Å². The largest absolute Gasteiger partial charge is 0.451 e. The van der Waals surface area contributed by atoms with Crippen LogP contribution in [-0.4, -0.2) is 34.7 Å². The van der Waals surface area contributed by atoms with E-state index in [0.717, 1.165) is 25.0 Å². The van der Waals surface area contributed by atoms with E-state index in [0.29, 0.717) is 17.7 Å². The summed E-state index contributed by atoms with van der Waals surface area (Å²) in [4.78, 5) is 24.5. The van der Waals surface area contributed by atoms with E-state index in [4.69, 9.17) is 10.5 Å². The molecule has 0 spiro atoms. The number of hydrogen-bond donors (Lipinski definition) is 2. The normalized spacial score (nSPS) is 17.9. The fourth-order valence-electron chi connectivity index (χ4n) is 4.96. The van der Waals surface area contributed by atoms with Crippen LogP contribution in [0.5, 0.6) is 11.5 Å². The van der Waals surface area contributed by atoms with E-state index >= 15 is 4.39 Å². The van der Waals surface area contributed by atoms with Crippen molar-refractivity contribution < 1.29 is 31.5 Å². The Balaban J connectivity index is 1.65. The molecule has 2 aromatic carbocycles. The number of carbonyl (C=O) groups excluding carboxylic acids is 1. The molecule has 4 rings (SSSR count). The minimum Gasteiger partial charge on any atom is -0.451 e. The molecule has 7 nitrogen and oxygen atoms in total. The predicted molar refractivity (Wildman–Crippen MR) is 139 cm³/mol. The standard InChI is InChI=1S/C28H26F5N5O2/c1-4-21(39)38-15-6-5-14(9-15)13(2)25-22(28(34)37-12-36-25)26(35-3)17-8-7-16(10-18(17)29)40-27-23(32)19(30)11-20(31)24(27)33/h4,7-8,10-15H,1,5-6,9H2,2-3H3,(H,38,39)(H2,34,36,37)/b35-26-. The van der Waals surface area contributed by atoms with Gasteiger partial charge in [-0.3, -0.25) is 9.79 Å². The number of hydrogen-bond acceptors (Lipinski definition) is 6. The van der Waals surface area contributed by atoms with Gasteiger partial charge in [-0.05, 0) is 43.4 Å². The number of ether oxygens (including phenoxy) is 1. The summed E-state index contributed by atoms with van der Waals surface area (Å²) >= 11 is 0. The van der Waals surface area contributed by atoms with Crippen LogP contribution in [0.3, 0.4) is 0 Å². The number of rotatable bonds is 8. The first-order valence-electron chi connectivity index (χ1n) is 12.4. The highest BCUT2D eigenvalue weighted by Gasteiger charge is 2.33. The third kappa shape index (κ3) is 5.65. The number of benzene rings is 2. The maximum atomic E-state index is 15.4. The van der Waals surface area contributed by atoms with E-state index < -0.39 is 40.6 Å². The number of anilines is 1. The Labute approximate surface area is 227 Å². The van der Waals surface area contributed by atoms with Crippen LogP contribution in [0.15, 0.2) is 48.2 Å². The third-order valence-electron chi connectivity index (χ3n) is 7.00. The molecule has 1 heterocycles. The number of carbonyl (C=O) groups is 1. The molecule has 1 fully saturated rings. The zero-order chi connectivity index (χ0) is 29.1. The van der Waals surface area contributed by atoms with Crippen molar-refractivity contribution in [3.63, 3.8) is 0 Å². The number of nitrogens with zero attached hydrogens (tertiary/aromatic N) is 3. The summed E-state index contributed by atoms with van der Waals surface area (Å²) in [6, 6.07) is 3.22. The molecule has 210 valence electrons. The van der Waals surface area contributed by atoms with Gasteiger partial charge in [0, 0.05) is 36.7 Å². The number of nitrogens with one attached hydrogen (secondary N) is 1. The van der Waals surface area contributed by atoms with Gasteiger partial charge in [0.2, 0.25) is 23.3 Å². The minimum absolute atomic E-state index is 0.0221. The second-order valence-corrected chi connectivity index (χ2v) is 9.40. The Morgan fingerprint density at radius 3 is 2.45 bits per heavy atom. The Hall–Kier alpha value is -4.35. The molecule has 1 saturated carbocycles. The van der Waals surface area contributed by atoms with Gasteiger partial charge in [-0.25, -0.2) is 23.1 Å². The van der Waals surface area contributed by atoms with Gasteiger partial charge in [0.1, 0.15) is 23.7 Å². The number of nitrogens with two attached hydrogens (primary N) is 1. The van der Waals surface area contributed by atoms with Gasteiger partial charge in [-0.1, -0.05) is 13.5 Å². The van der Waals surface area contributed by atoms with Crippen molar-refractivity contribution in [2.75, 3.05) is 12.8 Å². The molecule has 1 aromatic heterocycles. The van der Waals surface area contributed by atoms with E-state index in [1.807, 2.05) is 6.92 Å². The Morgan fingerprint density at radius 2 is 1.82 bits per heavy atom. The molecule has 3 unspecified atom stereocenters. The summed E-state index contributed by atoms with van der Waals surface area (Å²) < 4.78 is 75.5. The molecule has 0 aliphatic heterocycles. The fraction of sp³-hybridized carbons (Fsp3) is 0.286. The van der Waals surface area contributed by atoms with Crippen molar-refractivity contribution in [2.45, 2.75) is 38.1 Å². The second kappa shape index (κ2) is 11.8. The van der Waals surface area contributed by atoms with Gasteiger partial charge in [0.05, 0.1) is 17.0 Å². The number of halogens is 5. The molecule has 1 amide bonds. The van der Waals surface area contributed by atoms with Crippen LogP contribution in [0, 0.1) is 35.0 Å². The smallest absolute Gasteiger partial charge is 0.243 e. The molecule has 1 aliphatic carbocycles. The Morgan fingerprint density at radius 1 is 1.12 bits per heavy atom. The molecular formula is C28H26F5N5O2. The molecule has 3 atom stereocenters. The molecular weight excluding hydrogens is 533 g/mol. The lowest BCUT2D eigenvalue weighted by molar-refractivity contribution is -0.117. The van der Waals surface area contributed by atoms with Crippen LogP contribution in [0.2, 0.25) is 0 Å². The number of amides is 1. The molecule has 3 N–H and O–H groups in total. The van der Waals surface area contributed by atoms with E-state index in [2.05, 4.69) is 26.9 Å². The molecule has 0 radical (unpaired) electrons. The maximum Gasteiger partial charge on any atom is 0.243 e. The molecule has 1 aliphatic rings. The zero-order valence-corrected chi connectivity index (χ0v) is 21.6. The highest BCUT2D eigenvalue weighted by atomic mass is 19.2. The van der Waals surface area contributed by atoms with Crippen molar-refractivity contribution in [2.24, 2.45) is 10.9 Å². The molecule has 40 heavy (non-hydrogen) atoms. The lowest BCUT2D eigenvalue weighted by atomic mass is 9.85. The SMILES string of the molecule is C=CC(=O)NC1CCC(C(C)c2ncnc(N)c2/C(=N\C)c2ccc(Oc3c(F)c(F)cc(F)c3F)cc2F)C1. The minimum atomic E-state index is -1.76. The van der Waals surface area contributed by atoms with Crippen LogP contribution >= 0.6 is 0 Å². The number of aliphatic imine (C=N–C) groups is 1. The molecule has 12 heteroatoms. The Bertz CT molecular complexity index is 1470. The highest BCUT2D eigenvalue weighted by molar-refractivity contribution is 6.16. The van der Waals surface area contributed by atoms with Gasteiger partial charge in [-0.15, -0.1) is 0 Å². The van der Waals surface area contributed by atoms with E-state index in [-0.39, 0.29) is 46.9 Å². The first-order chi connectivity index (χ1) is 19.0. The molecule has 0 bridgehead atoms. The summed E-state index contributed by atoms with van der Waals surface area (Å²) in [5.74, 6) is -9.74. The first kappa shape index (κ1) is 28.7. The maximum absolute atomic E-state index is 15.4. The molecule has 0 saturated heterocycles. The second-order valence-electron chi connectivity index (χ2n) is 9.40.